The fraction of sp³-hybridized carbons (Fsp3) is 0.500. The van der Waals surface area contributed by atoms with Crippen LogP contribution in [0.25, 0.3) is 0 Å². The molecular formula is C12H19NO2. The maximum absolute atomic E-state index is 10.5. The SMILES string of the molecule is CC.CCC(C)c1cccc([N+](=O)[O-])c1. The Hall–Kier alpha value is -1.38. The van der Waals surface area contributed by atoms with Crippen LogP contribution in [0.5, 0.6) is 0 Å². The van der Waals surface area contributed by atoms with Crippen molar-refractivity contribution >= 4 is 5.69 Å². The largest absolute Gasteiger partial charge is 0.269 e. The average Bonchev–Trinajstić information content (AvgIpc) is 2.30. The van der Waals surface area contributed by atoms with Gasteiger partial charge >= 0.3 is 0 Å². The topological polar surface area (TPSA) is 43.1 Å². The summed E-state index contributed by atoms with van der Waals surface area (Å²) >= 11 is 0. The summed E-state index contributed by atoms with van der Waals surface area (Å²) in [5.41, 5.74) is 1.22. The molecule has 0 amide bonds. The molecule has 0 aliphatic carbocycles. The van der Waals surface area contributed by atoms with Crippen LogP contribution in [0.15, 0.2) is 24.3 Å². The highest BCUT2D eigenvalue weighted by molar-refractivity contribution is 5.35. The third-order valence-corrected chi connectivity index (χ3v) is 2.26. The van der Waals surface area contributed by atoms with Crippen LogP contribution in [0.4, 0.5) is 5.69 Å². The van der Waals surface area contributed by atoms with Gasteiger partial charge in [-0.3, -0.25) is 10.1 Å². The van der Waals surface area contributed by atoms with Crippen LogP contribution < -0.4 is 0 Å². The monoisotopic (exact) mass is 209 g/mol. The Kier molecular flexibility index (Phi) is 6.34. The molecule has 0 saturated carbocycles. The first kappa shape index (κ1) is 13.6. The Balaban J connectivity index is 0.000000921. The third kappa shape index (κ3) is 4.11. The van der Waals surface area contributed by atoms with Gasteiger partial charge in [-0.1, -0.05) is 39.8 Å². The minimum atomic E-state index is -0.355. The van der Waals surface area contributed by atoms with Crippen LogP contribution in [0, 0.1) is 10.1 Å². The second-order valence-corrected chi connectivity index (χ2v) is 3.16. The van der Waals surface area contributed by atoms with E-state index in [0.717, 1.165) is 12.0 Å². The quantitative estimate of drug-likeness (QED) is 0.554. The predicted molar refractivity (Wildman–Crippen MR) is 63.2 cm³/mol. The molecule has 0 spiro atoms. The number of benzene rings is 1. The van der Waals surface area contributed by atoms with E-state index in [9.17, 15) is 10.1 Å². The number of nitrogens with zero attached hydrogens (tertiary/aromatic N) is 1. The van der Waals surface area contributed by atoms with Crippen molar-refractivity contribution in [3.63, 3.8) is 0 Å². The van der Waals surface area contributed by atoms with E-state index in [0.29, 0.717) is 5.92 Å². The van der Waals surface area contributed by atoms with Crippen molar-refractivity contribution < 1.29 is 4.92 Å². The van der Waals surface area contributed by atoms with E-state index in [1.165, 1.54) is 6.07 Å². The van der Waals surface area contributed by atoms with Gasteiger partial charge in [-0.05, 0) is 17.9 Å². The molecular weight excluding hydrogens is 190 g/mol. The van der Waals surface area contributed by atoms with Crippen molar-refractivity contribution in [1.82, 2.24) is 0 Å². The third-order valence-electron chi connectivity index (χ3n) is 2.26. The van der Waals surface area contributed by atoms with Crippen LogP contribution in [0.1, 0.15) is 45.6 Å². The minimum Gasteiger partial charge on any atom is -0.258 e. The molecule has 0 N–H and O–H groups in total. The summed E-state index contributed by atoms with van der Waals surface area (Å²) in [6.07, 6.45) is 1.00. The van der Waals surface area contributed by atoms with Gasteiger partial charge in [0.25, 0.3) is 5.69 Å². The summed E-state index contributed by atoms with van der Waals surface area (Å²) in [7, 11) is 0. The van der Waals surface area contributed by atoms with Crippen molar-refractivity contribution in [1.29, 1.82) is 0 Å². The van der Waals surface area contributed by atoms with Crippen molar-refractivity contribution in [2.45, 2.75) is 40.0 Å². The molecule has 0 aliphatic heterocycles. The lowest BCUT2D eigenvalue weighted by molar-refractivity contribution is -0.384. The van der Waals surface area contributed by atoms with Gasteiger partial charge in [-0.25, -0.2) is 0 Å². The summed E-state index contributed by atoms with van der Waals surface area (Å²) in [5.74, 6) is 0.389. The lowest BCUT2D eigenvalue weighted by Gasteiger charge is -2.07. The van der Waals surface area contributed by atoms with Gasteiger partial charge in [-0.15, -0.1) is 0 Å². The molecule has 0 bridgehead atoms. The molecule has 1 atom stereocenters. The summed E-state index contributed by atoms with van der Waals surface area (Å²) in [5, 5.41) is 10.5. The molecule has 1 unspecified atom stereocenters. The molecule has 1 aromatic carbocycles. The maximum Gasteiger partial charge on any atom is 0.269 e. The van der Waals surface area contributed by atoms with Crippen molar-refractivity contribution in [3.05, 3.63) is 39.9 Å². The first-order valence-corrected chi connectivity index (χ1v) is 5.39. The van der Waals surface area contributed by atoms with Gasteiger partial charge in [-0.2, -0.15) is 0 Å². The van der Waals surface area contributed by atoms with Crippen LogP contribution in [0.2, 0.25) is 0 Å². The fourth-order valence-electron chi connectivity index (χ4n) is 1.18. The van der Waals surface area contributed by atoms with Crippen LogP contribution in [-0.2, 0) is 0 Å². The lowest BCUT2D eigenvalue weighted by atomic mass is 9.98. The maximum atomic E-state index is 10.5. The van der Waals surface area contributed by atoms with Gasteiger partial charge in [0.05, 0.1) is 4.92 Å². The van der Waals surface area contributed by atoms with E-state index in [4.69, 9.17) is 0 Å². The second kappa shape index (κ2) is 6.98. The Morgan fingerprint density at radius 2 is 2.00 bits per heavy atom. The molecule has 3 heteroatoms. The number of rotatable bonds is 3. The van der Waals surface area contributed by atoms with Gasteiger partial charge in [0, 0.05) is 12.1 Å². The van der Waals surface area contributed by atoms with E-state index < -0.39 is 0 Å². The van der Waals surface area contributed by atoms with Crippen molar-refractivity contribution in [2.24, 2.45) is 0 Å². The lowest BCUT2D eigenvalue weighted by Crippen LogP contribution is -1.93. The minimum absolute atomic E-state index is 0.179. The van der Waals surface area contributed by atoms with Crippen LogP contribution in [0.3, 0.4) is 0 Å². The molecule has 0 saturated heterocycles. The Labute approximate surface area is 91.3 Å². The number of hydrogen-bond donors (Lipinski definition) is 0. The Bertz CT molecular complexity index is 310. The van der Waals surface area contributed by atoms with Gasteiger partial charge in [0.2, 0.25) is 0 Å². The van der Waals surface area contributed by atoms with Gasteiger partial charge < -0.3 is 0 Å². The molecule has 0 radical (unpaired) electrons. The zero-order valence-electron chi connectivity index (χ0n) is 9.86. The summed E-state index contributed by atoms with van der Waals surface area (Å²) in [6.45, 7) is 8.14. The number of non-ortho nitro benzene ring substituents is 1. The summed E-state index contributed by atoms with van der Waals surface area (Å²) in [6, 6.07) is 6.83. The smallest absolute Gasteiger partial charge is 0.258 e. The highest BCUT2D eigenvalue weighted by atomic mass is 16.6. The van der Waals surface area contributed by atoms with Crippen molar-refractivity contribution in [3.8, 4) is 0 Å². The van der Waals surface area contributed by atoms with E-state index >= 15 is 0 Å². The summed E-state index contributed by atoms with van der Waals surface area (Å²) in [4.78, 5) is 10.1. The zero-order valence-corrected chi connectivity index (χ0v) is 9.86. The highest BCUT2D eigenvalue weighted by Gasteiger charge is 2.08. The normalized spacial score (nSPS) is 11.2. The van der Waals surface area contributed by atoms with E-state index in [1.54, 1.807) is 12.1 Å². The molecule has 84 valence electrons. The van der Waals surface area contributed by atoms with Crippen LogP contribution in [-0.4, -0.2) is 4.92 Å². The fourth-order valence-corrected chi connectivity index (χ4v) is 1.18. The molecule has 3 nitrogen and oxygen atoms in total. The molecule has 0 aromatic heterocycles. The average molecular weight is 209 g/mol. The first-order valence-electron chi connectivity index (χ1n) is 5.39. The van der Waals surface area contributed by atoms with Crippen LogP contribution >= 0.6 is 0 Å². The Morgan fingerprint density at radius 1 is 1.40 bits per heavy atom. The Morgan fingerprint density at radius 3 is 2.47 bits per heavy atom. The standard InChI is InChI=1S/C10H13NO2.C2H6/c1-3-8(2)9-5-4-6-10(7-9)11(12)13;1-2/h4-8H,3H2,1-2H3;1-2H3. The number of nitro benzene ring substituents is 1. The van der Waals surface area contributed by atoms with E-state index in [1.807, 2.05) is 19.9 Å². The molecule has 1 rings (SSSR count). The number of nitro groups is 1. The zero-order chi connectivity index (χ0) is 11.8. The molecule has 15 heavy (non-hydrogen) atoms. The first-order chi connectivity index (χ1) is 7.15. The van der Waals surface area contributed by atoms with Gasteiger partial charge in [0.1, 0.15) is 0 Å². The van der Waals surface area contributed by atoms with Gasteiger partial charge in [0.15, 0.2) is 0 Å². The highest BCUT2D eigenvalue weighted by Crippen LogP contribution is 2.22. The summed E-state index contributed by atoms with van der Waals surface area (Å²) < 4.78 is 0. The van der Waals surface area contributed by atoms with Crippen molar-refractivity contribution in [2.75, 3.05) is 0 Å². The second-order valence-electron chi connectivity index (χ2n) is 3.16. The molecule has 0 aliphatic rings. The van der Waals surface area contributed by atoms with E-state index in [-0.39, 0.29) is 10.6 Å². The van der Waals surface area contributed by atoms with E-state index in [2.05, 4.69) is 13.8 Å². The predicted octanol–water partition coefficient (Wildman–Crippen LogP) is 4.13. The molecule has 0 heterocycles. The molecule has 1 aromatic rings. The molecule has 0 fully saturated rings. The number of hydrogen-bond acceptors (Lipinski definition) is 2.